The van der Waals surface area contributed by atoms with E-state index in [9.17, 15) is 13.2 Å². The Morgan fingerprint density at radius 1 is 1.41 bits per heavy atom. The number of rotatable bonds is 3. The fraction of sp³-hybridized carbons (Fsp3) is 0.364. The fourth-order valence-electron chi connectivity index (χ4n) is 1.75. The molecule has 2 heterocycles. The summed E-state index contributed by atoms with van der Waals surface area (Å²) in [5.41, 5.74) is 1.02. The van der Waals surface area contributed by atoms with E-state index >= 15 is 0 Å². The quantitative estimate of drug-likeness (QED) is 0.605. The number of hydrogen-bond acceptors (Lipinski definition) is 4. The Kier molecular flexibility index (Phi) is 3.17. The van der Waals surface area contributed by atoms with Crippen molar-refractivity contribution in [2.45, 2.75) is 18.4 Å². The molecule has 2 rings (SSSR count). The normalized spacial score (nSPS) is 17.8. The number of carbonyl (C=O) groups is 1. The molecule has 0 saturated heterocycles. The molecule has 92 valence electrons. The van der Waals surface area contributed by atoms with Crippen molar-refractivity contribution in [3.63, 3.8) is 0 Å². The molecule has 0 fully saturated rings. The predicted octanol–water partition coefficient (Wildman–Crippen LogP) is 1.43. The highest BCUT2D eigenvalue weighted by Crippen LogP contribution is 2.21. The summed E-state index contributed by atoms with van der Waals surface area (Å²) in [5.74, 6) is 0.0212. The molecule has 6 heteroatoms. The fourth-order valence-corrected chi connectivity index (χ4v) is 3.16. The van der Waals surface area contributed by atoms with Crippen molar-refractivity contribution in [2.75, 3.05) is 13.1 Å². The van der Waals surface area contributed by atoms with Gasteiger partial charge < -0.3 is 4.42 Å². The molecule has 0 spiro atoms. The third kappa shape index (κ3) is 2.32. The maximum Gasteiger partial charge on any atom is 0.276 e. The van der Waals surface area contributed by atoms with E-state index in [2.05, 4.69) is 0 Å². The van der Waals surface area contributed by atoms with E-state index < -0.39 is 10.0 Å². The molecule has 0 aromatic carbocycles. The Bertz CT molecular complexity index is 556. The van der Waals surface area contributed by atoms with Crippen molar-refractivity contribution in [1.29, 1.82) is 0 Å². The number of furan rings is 1. The van der Waals surface area contributed by atoms with Gasteiger partial charge in [0, 0.05) is 13.1 Å². The van der Waals surface area contributed by atoms with E-state index in [1.165, 1.54) is 16.4 Å². The average Bonchev–Trinajstić information content (AvgIpc) is 2.78. The van der Waals surface area contributed by atoms with Gasteiger partial charge in [-0.1, -0.05) is 11.6 Å². The first-order chi connectivity index (χ1) is 8.04. The molecule has 0 radical (unpaired) electrons. The van der Waals surface area contributed by atoms with Crippen molar-refractivity contribution < 1.29 is 17.6 Å². The highest BCUT2D eigenvalue weighted by atomic mass is 32.2. The summed E-state index contributed by atoms with van der Waals surface area (Å²) in [6.07, 6.45) is 3.21. The standard InChI is InChI=1S/C11H13NO4S/c1-9-3-2-6-12(7-9)17(14,15)11-5-4-10(8-13)16-11/h3-5,8H,2,6-7H2,1H3. The Hall–Kier alpha value is -1.40. The van der Waals surface area contributed by atoms with Crippen LogP contribution >= 0.6 is 0 Å². The van der Waals surface area contributed by atoms with Crippen LogP contribution in [0.2, 0.25) is 0 Å². The van der Waals surface area contributed by atoms with Crippen molar-refractivity contribution in [1.82, 2.24) is 4.31 Å². The van der Waals surface area contributed by atoms with Gasteiger partial charge in [-0.3, -0.25) is 4.79 Å². The lowest BCUT2D eigenvalue weighted by Gasteiger charge is -2.24. The van der Waals surface area contributed by atoms with E-state index in [4.69, 9.17) is 4.42 Å². The van der Waals surface area contributed by atoms with E-state index in [0.29, 0.717) is 25.8 Å². The summed E-state index contributed by atoms with van der Waals surface area (Å²) < 4.78 is 30.6. The number of aldehydes is 1. The van der Waals surface area contributed by atoms with Gasteiger partial charge in [0.05, 0.1) is 0 Å². The SMILES string of the molecule is CC1=CCCN(S(=O)(=O)c2ccc(C=O)o2)C1. The van der Waals surface area contributed by atoms with E-state index in [0.717, 1.165) is 5.57 Å². The van der Waals surface area contributed by atoms with Crippen molar-refractivity contribution >= 4 is 16.3 Å². The largest absolute Gasteiger partial charge is 0.440 e. The molecule has 17 heavy (non-hydrogen) atoms. The van der Waals surface area contributed by atoms with Gasteiger partial charge in [0.25, 0.3) is 10.0 Å². The summed E-state index contributed by atoms with van der Waals surface area (Å²) in [5, 5.41) is -0.172. The van der Waals surface area contributed by atoms with E-state index in [-0.39, 0.29) is 10.9 Å². The second-order valence-electron chi connectivity index (χ2n) is 3.95. The van der Waals surface area contributed by atoms with Crippen LogP contribution in [0.4, 0.5) is 0 Å². The number of sulfonamides is 1. The second kappa shape index (κ2) is 4.46. The van der Waals surface area contributed by atoms with Gasteiger partial charge in [0.15, 0.2) is 12.0 Å². The van der Waals surface area contributed by atoms with Crippen molar-refractivity contribution in [3.05, 3.63) is 29.5 Å². The Morgan fingerprint density at radius 3 is 2.76 bits per heavy atom. The molecule has 1 aromatic rings. The first-order valence-electron chi connectivity index (χ1n) is 5.25. The van der Waals surface area contributed by atoms with Crippen LogP contribution in [0.15, 0.2) is 33.3 Å². The van der Waals surface area contributed by atoms with Crippen LogP contribution < -0.4 is 0 Å². The smallest absolute Gasteiger partial charge is 0.276 e. The summed E-state index contributed by atoms with van der Waals surface area (Å²) in [6, 6.07) is 2.67. The molecule has 0 unspecified atom stereocenters. The van der Waals surface area contributed by atoms with Crippen molar-refractivity contribution in [2.24, 2.45) is 0 Å². The minimum absolute atomic E-state index is 0.0212. The lowest BCUT2D eigenvalue weighted by Crippen LogP contribution is -2.35. The van der Waals surface area contributed by atoms with Crippen LogP contribution in [-0.2, 0) is 10.0 Å². The summed E-state index contributed by atoms with van der Waals surface area (Å²) >= 11 is 0. The molecule has 0 atom stereocenters. The lowest BCUT2D eigenvalue weighted by molar-refractivity contribution is 0.109. The van der Waals surface area contributed by atoms with Gasteiger partial charge in [-0.05, 0) is 25.5 Å². The van der Waals surface area contributed by atoms with E-state index in [1.54, 1.807) is 0 Å². The van der Waals surface area contributed by atoms with Gasteiger partial charge >= 0.3 is 0 Å². The number of hydrogen-bond donors (Lipinski definition) is 0. The molecular weight excluding hydrogens is 242 g/mol. The number of carbonyl (C=O) groups excluding carboxylic acids is 1. The van der Waals surface area contributed by atoms with Gasteiger partial charge in [0.1, 0.15) is 0 Å². The van der Waals surface area contributed by atoms with Crippen LogP contribution in [0, 0.1) is 0 Å². The zero-order valence-corrected chi connectivity index (χ0v) is 10.2. The summed E-state index contributed by atoms with van der Waals surface area (Å²) in [6.45, 7) is 2.71. The lowest BCUT2D eigenvalue weighted by atomic mass is 10.2. The van der Waals surface area contributed by atoms with Gasteiger partial charge in [-0.2, -0.15) is 4.31 Å². The molecule has 1 aliphatic heterocycles. The Labute approximate surface area is 99.8 Å². The molecule has 0 aliphatic carbocycles. The first-order valence-corrected chi connectivity index (χ1v) is 6.69. The third-order valence-electron chi connectivity index (χ3n) is 2.61. The first kappa shape index (κ1) is 12.1. The molecule has 0 N–H and O–H groups in total. The van der Waals surface area contributed by atoms with Crippen LogP contribution in [0.25, 0.3) is 0 Å². The average molecular weight is 255 g/mol. The van der Waals surface area contributed by atoms with E-state index in [1.807, 2.05) is 13.0 Å². The third-order valence-corrected chi connectivity index (χ3v) is 4.33. The maximum atomic E-state index is 12.2. The van der Waals surface area contributed by atoms with Gasteiger partial charge in [0.2, 0.25) is 5.09 Å². The maximum absolute atomic E-state index is 12.2. The highest BCUT2D eigenvalue weighted by Gasteiger charge is 2.28. The molecular formula is C11H13NO4S. The number of nitrogens with zero attached hydrogens (tertiary/aromatic N) is 1. The summed E-state index contributed by atoms with van der Waals surface area (Å²) in [7, 11) is -3.62. The van der Waals surface area contributed by atoms with Crippen LogP contribution in [0.1, 0.15) is 23.9 Å². The Balaban J connectivity index is 2.30. The zero-order chi connectivity index (χ0) is 12.5. The zero-order valence-electron chi connectivity index (χ0n) is 9.42. The monoisotopic (exact) mass is 255 g/mol. The van der Waals surface area contributed by atoms with Crippen LogP contribution in [-0.4, -0.2) is 32.1 Å². The molecule has 0 bridgehead atoms. The van der Waals surface area contributed by atoms with Crippen LogP contribution in [0.3, 0.4) is 0 Å². The molecule has 0 amide bonds. The molecule has 5 nitrogen and oxygen atoms in total. The Morgan fingerprint density at radius 2 is 2.18 bits per heavy atom. The minimum atomic E-state index is -3.62. The van der Waals surface area contributed by atoms with Gasteiger partial charge in [-0.25, -0.2) is 8.42 Å². The van der Waals surface area contributed by atoms with Crippen molar-refractivity contribution in [3.8, 4) is 0 Å². The molecule has 1 aliphatic rings. The highest BCUT2D eigenvalue weighted by molar-refractivity contribution is 7.89. The predicted molar refractivity (Wildman–Crippen MR) is 61.2 cm³/mol. The molecule has 0 saturated carbocycles. The van der Waals surface area contributed by atoms with Gasteiger partial charge in [-0.15, -0.1) is 0 Å². The minimum Gasteiger partial charge on any atom is -0.440 e. The summed E-state index contributed by atoms with van der Waals surface area (Å²) in [4.78, 5) is 10.5. The molecule has 1 aromatic heterocycles. The van der Waals surface area contributed by atoms with Crippen LogP contribution in [0.5, 0.6) is 0 Å². The topological polar surface area (TPSA) is 67.6 Å². The second-order valence-corrected chi connectivity index (χ2v) is 5.82.